The molecular weight excluding hydrogens is 388 g/mol. The quantitative estimate of drug-likeness (QED) is 0.263. The van der Waals surface area contributed by atoms with Gasteiger partial charge in [0.15, 0.2) is 0 Å². The summed E-state index contributed by atoms with van der Waals surface area (Å²) in [4.78, 5) is 38.3. The first-order valence-corrected chi connectivity index (χ1v) is 8.98. The van der Waals surface area contributed by atoms with Gasteiger partial charge in [-0.2, -0.15) is 0 Å². The number of amides is 2. The molecule has 0 aliphatic carbocycles. The Morgan fingerprint density at radius 3 is 2.79 bits per heavy atom. The van der Waals surface area contributed by atoms with Gasteiger partial charge >= 0.3 is 0 Å². The number of pyridine rings is 1. The van der Waals surface area contributed by atoms with Gasteiger partial charge in [0.25, 0.3) is 5.69 Å². The van der Waals surface area contributed by atoms with Crippen molar-refractivity contribution >= 4 is 35.0 Å². The number of nitrogens with two attached hydrogens (primary N) is 1. The number of anilines is 1. The number of hydrogen-bond donors (Lipinski definition) is 2. The van der Waals surface area contributed by atoms with E-state index in [0.717, 1.165) is 17.8 Å². The second-order valence-corrected chi connectivity index (χ2v) is 6.36. The number of carbonyl (C=O) groups is 2. The lowest BCUT2D eigenvalue weighted by atomic mass is 10.2. The minimum absolute atomic E-state index is 0.0220. The van der Waals surface area contributed by atoms with Gasteiger partial charge in [0.1, 0.15) is 12.3 Å². The predicted molar refractivity (Wildman–Crippen MR) is 103 cm³/mol. The van der Waals surface area contributed by atoms with Gasteiger partial charge in [-0.15, -0.1) is 11.8 Å². The van der Waals surface area contributed by atoms with E-state index in [9.17, 15) is 19.7 Å². The molecule has 0 saturated carbocycles. The Labute approximate surface area is 164 Å². The lowest BCUT2D eigenvalue weighted by Gasteiger charge is -2.11. The van der Waals surface area contributed by atoms with Crippen molar-refractivity contribution in [2.45, 2.75) is 4.90 Å². The molecule has 148 valence electrons. The number of ether oxygens (including phenoxy) is 2. The van der Waals surface area contributed by atoms with Crippen LogP contribution in [0.5, 0.6) is 5.88 Å². The van der Waals surface area contributed by atoms with Crippen molar-refractivity contribution < 1.29 is 24.0 Å². The molecule has 2 amide bonds. The molecule has 0 atom stereocenters. The van der Waals surface area contributed by atoms with Crippen molar-refractivity contribution in [3.63, 3.8) is 0 Å². The second-order valence-electron chi connectivity index (χ2n) is 5.34. The maximum Gasteiger partial charge on any atom is 0.283 e. The van der Waals surface area contributed by atoms with E-state index in [-0.39, 0.29) is 34.4 Å². The molecule has 0 aliphatic rings. The van der Waals surface area contributed by atoms with Crippen molar-refractivity contribution in [2.24, 2.45) is 5.73 Å². The molecule has 1 heterocycles. The highest BCUT2D eigenvalue weighted by Crippen LogP contribution is 2.30. The van der Waals surface area contributed by atoms with E-state index in [1.807, 2.05) is 0 Å². The van der Waals surface area contributed by atoms with Crippen LogP contribution in [0, 0.1) is 10.1 Å². The summed E-state index contributed by atoms with van der Waals surface area (Å²) >= 11 is 0.963. The topological polar surface area (TPSA) is 147 Å². The Morgan fingerprint density at radius 1 is 1.32 bits per heavy atom. The van der Waals surface area contributed by atoms with Gasteiger partial charge < -0.3 is 20.5 Å². The first-order chi connectivity index (χ1) is 13.4. The smallest absolute Gasteiger partial charge is 0.283 e. The van der Waals surface area contributed by atoms with Gasteiger partial charge in [-0.05, 0) is 24.3 Å². The van der Waals surface area contributed by atoms with Crippen LogP contribution in [0.25, 0.3) is 0 Å². The highest BCUT2D eigenvalue weighted by Gasteiger charge is 2.18. The van der Waals surface area contributed by atoms with Gasteiger partial charge in [0, 0.05) is 24.9 Å². The molecule has 0 unspecified atom stereocenters. The minimum Gasteiger partial charge on any atom is -0.474 e. The van der Waals surface area contributed by atoms with Crippen molar-refractivity contribution in [3.05, 3.63) is 52.2 Å². The number of hydrogen-bond acceptors (Lipinski definition) is 8. The van der Waals surface area contributed by atoms with Crippen LogP contribution in [0.1, 0.15) is 10.4 Å². The zero-order valence-electron chi connectivity index (χ0n) is 14.9. The molecule has 0 bridgehead atoms. The van der Waals surface area contributed by atoms with Crippen molar-refractivity contribution in [2.75, 3.05) is 31.4 Å². The molecule has 0 fully saturated rings. The summed E-state index contributed by atoms with van der Waals surface area (Å²) in [5.74, 6) is -1.02. The van der Waals surface area contributed by atoms with E-state index < -0.39 is 16.7 Å². The molecule has 0 radical (unpaired) electrons. The molecular formula is C17H18N4O6S. The Balaban J connectivity index is 2.03. The van der Waals surface area contributed by atoms with Gasteiger partial charge in [0.05, 0.1) is 22.2 Å². The summed E-state index contributed by atoms with van der Waals surface area (Å²) in [6, 6.07) is 7.12. The van der Waals surface area contributed by atoms with Crippen LogP contribution in [-0.2, 0) is 9.53 Å². The number of nitro benzene ring substituents is 1. The van der Waals surface area contributed by atoms with E-state index in [1.54, 1.807) is 12.1 Å². The van der Waals surface area contributed by atoms with Crippen LogP contribution in [-0.4, -0.2) is 47.8 Å². The van der Waals surface area contributed by atoms with Gasteiger partial charge in [-0.3, -0.25) is 19.7 Å². The molecule has 1 aromatic carbocycles. The first-order valence-electron chi connectivity index (χ1n) is 8.00. The second kappa shape index (κ2) is 10.2. The molecule has 2 aromatic rings. The average Bonchev–Trinajstić information content (AvgIpc) is 2.67. The Bertz CT molecular complexity index is 876. The van der Waals surface area contributed by atoms with Crippen molar-refractivity contribution in [1.82, 2.24) is 4.98 Å². The van der Waals surface area contributed by atoms with Crippen molar-refractivity contribution in [1.29, 1.82) is 0 Å². The number of benzene rings is 1. The van der Waals surface area contributed by atoms with E-state index in [0.29, 0.717) is 12.3 Å². The summed E-state index contributed by atoms with van der Waals surface area (Å²) < 4.78 is 10.3. The highest BCUT2D eigenvalue weighted by atomic mass is 32.2. The molecule has 3 N–H and O–H groups in total. The molecule has 0 spiro atoms. The third-order valence-electron chi connectivity index (χ3n) is 3.37. The van der Waals surface area contributed by atoms with Crippen LogP contribution in [0.2, 0.25) is 0 Å². The van der Waals surface area contributed by atoms with Gasteiger partial charge in [-0.25, -0.2) is 4.98 Å². The molecule has 28 heavy (non-hydrogen) atoms. The fourth-order valence-corrected chi connectivity index (χ4v) is 2.89. The number of aromatic nitrogens is 1. The molecule has 0 aliphatic heterocycles. The summed E-state index contributed by atoms with van der Waals surface area (Å²) in [5.41, 5.74) is 5.25. The largest absolute Gasteiger partial charge is 0.474 e. The fourth-order valence-electron chi connectivity index (χ4n) is 2.09. The fraction of sp³-hybridized carbons (Fsp3) is 0.235. The number of methoxy groups -OCH3 is 1. The zero-order chi connectivity index (χ0) is 20.5. The summed E-state index contributed by atoms with van der Waals surface area (Å²) in [5, 5.41) is 13.9. The summed E-state index contributed by atoms with van der Waals surface area (Å²) in [7, 11) is 1.54. The highest BCUT2D eigenvalue weighted by molar-refractivity contribution is 8.00. The predicted octanol–water partition coefficient (Wildman–Crippen LogP) is 1.84. The Kier molecular flexibility index (Phi) is 7.72. The zero-order valence-corrected chi connectivity index (χ0v) is 15.7. The van der Waals surface area contributed by atoms with E-state index >= 15 is 0 Å². The first kappa shape index (κ1) is 21.1. The molecule has 2 rings (SSSR count). The number of primary amides is 1. The molecule has 10 nitrogen and oxygen atoms in total. The third-order valence-corrected chi connectivity index (χ3v) is 4.43. The van der Waals surface area contributed by atoms with Crippen LogP contribution < -0.4 is 15.8 Å². The van der Waals surface area contributed by atoms with Crippen LogP contribution in [0.15, 0.2) is 41.4 Å². The summed E-state index contributed by atoms with van der Waals surface area (Å²) in [6.45, 7) is 0.633. The number of nitrogens with zero attached hydrogens (tertiary/aromatic N) is 2. The molecule has 0 saturated heterocycles. The monoisotopic (exact) mass is 406 g/mol. The Hall–Kier alpha value is -3.18. The SMILES string of the molecule is COCCOc1ncccc1NC(=O)CSc1ccc(C(N)=O)cc1[N+](=O)[O-]. The van der Waals surface area contributed by atoms with Crippen LogP contribution in [0.4, 0.5) is 11.4 Å². The van der Waals surface area contributed by atoms with Gasteiger partial charge in [0.2, 0.25) is 17.7 Å². The minimum atomic E-state index is -0.769. The lowest BCUT2D eigenvalue weighted by Crippen LogP contribution is -2.16. The third kappa shape index (κ3) is 5.93. The maximum atomic E-state index is 12.2. The van der Waals surface area contributed by atoms with E-state index in [1.165, 1.54) is 25.4 Å². The number of thioether (sulfide) groups is 1. The average molecular weight is 406 g/mol. The summed E-state index contributed by atoms with van der Waals surface area (Å²) in [6.07, 6.45) is 1.52. The number of nitro groups is 1. The number of nitrogens with one attached hydrogen (secondary N) is 1. The van der Waals surface area contributed by atoms with Crippen LogP contribution >= 0.6 is 11.8 Å². The van der Waals surface area contributed by atoms with E-state index in [2.05, 4.69) is 10.3 Å². The molecule has 11 heteroatoms. The lowest BCUT2D eigenvalue weighted by molar-refractivity contribution is -0.387. The number of carbonyl (C=O) groups excluding carboxylic acids is 2. The number of rotatable bonds is 10. The maximum absolute atomic E-state index is 12.2. The van der Waals surface area contributed by atoms with Crippen LogP contribution in [0.3, 0.4) is 0 Å². The van der Waals surface area contributed by atoms with Gasteiger partial charge in [-0.1, -0.05) is 0 Å². The standard InChI is InChI=1S/C17H18N4O6S/c1-26-7-8-27-17-12(3-2-6-19-17)20-15(22)10-28-14-5-4-11(16(18)23)9-13(14)21(24)25/h2-6,9H,7-8,10H2,1H3,(H2,18,23)(H,20,22). The van der Waals surface area contributed by atoms with Crippen molar-refractivity contribution in [3.8, 4) is 5.88 Å². The molecule has 1 aromatic heterocycles. The Morgan fingerprint density at radius 2 is 2.11 bits per heavy atom. The normalized spacial score (nSPS) is 10.3. The van der Waals surface area contributed by atoms with E-state index in [4.69, 9.17) is 15.2 Å².